The minimum Gasteiger partial charge on any atom is -0.367 e. The van der Waals surface area contributed by atoms with E-state index in [2.05, 4.69) is 51.8 Å². The SMILES string of the molecule is CCN(CC)CCCC(C)NC(=O)c1ccc(CSc2nc(Cl)cc(N3CCN(c4ccccc4Cl)CC3)n2)cc1. The van der Waals surface area contributed by atoms with Crippen LogP contribution < -0.4 is 15.1 Å². The van der Waals surface area contributed by atoms with Crippen molar-refractivity contribution < 1.29 is 4.79 Å². The van der Waals surface area contributed by atoms with Gasteiger partial charge in [-0.3, -0.25) is 4.79 Å². The highest BCUT2D eigenvalue weighted by Gasteiger charge is 2.21. The fourth-order valence-electron chi connectivity index (χ4n) is 4.94. The van der Waals surface area contributed by atoms with Gasteiger partial charge in [-0.05, 0) is 69.2 Å². The minimum atomic E-state index is -0.0306. The number of rotatable bonds is 13. The quantitative estimate of drug-likeness (QED) is 0.131. The van der Waals surface area contributed by atoms with Crippen LogP contribution in [0, 0.1) is 0 Å². The molecule has 1 atom stereocenters. The molecule has 0 aliphatic carbocycles. The highest BCUT2D eigenvalue weighted by molar-refractivity contribution is 7.98. The van der Waals surface area contributed by atoms with Crippen molar-refractivity contribution in [1.29, 1.82) is 0 Å². The predicted octanol–water partition coefficient (Wildman–Crippen LogP) is 6.64. The average molecular weight is 616 g/mol. The Labute approximate surface area is 258 Å². The van der Waals surface area contributed by atoms with Crippen LogP contribution >= 0.6 is 35.0 Å². The standard InChI is InChI=1S/C31H40Cl2N6OS/c1-4-37(5-2)16-8-9-23(3)34-30(40)25-14-12-24(13-15-25)22-41-31-35-28(33)21-29(36-31)39-19-17-38(18-20-39)27-11-7-6-10-26(27)32/h6-7,10-15,21,23H,4-5,8-9,16-20,22H2,1-3H3,(H,34,40). The molecule has 220 valence electrons. The Balaban J connectivity index is 1.26. The molecule has 0 spiro atoms. The predicted molar refractivity (Wildman–Crippen MR) is 173 cm³/mol. The van der Waals surface area contributed by atoms with Crippen LogP contribution in [-0.4, -0.2) is 72.6 Å². The zero-order valence-electron chi connectivity index (χ0n) is 24.2. The Morgan fingerprint density at radius 1 is 1.00 bits per heavy atom. The first-order chi connectivity index (χ1) is 19.9. The van der Waals surface area contributed by atoms with Gasteiger partial charge in [0, 0.05) is 49.6 Å². The molecule has 1 aliphatic heterocycles. The molecule has 3 aromatic rings. The molecule has 1 aliphatic rings. The van der Waals surface area contributed by atoms with E-state index in [-0.39, 0.29) is 11.9 Å². The Bertz CT molecular complexity index is 1270. The van der Waals surface area contributed by atoms with Gasteiger partial charge in [0.15, 0.2) is 5.16 Å². The van der Waals surface area contributed by atoms with Gasteiger partial charge in [-0.2, -0.15) is 0 Å². The maximum absolute atomic E-state index is 12.7. The van der Waals surface area contributed by atoms with Crippen molar-refractivity contribution >= 4 is 52.4 Å². The summed E-state index contributed by atoms with van der Waals surface area (Å²) in [5.41, 5.74) is 2.83. The van der Waals surface area contributed by atoms with Gasteiger partial charge in [-0.1, -0.05) is 73.1 Å². The third-order valence-electron chi connectivity index (χ3n) is 7.43. The van der Waals surface area contributed by atoms with E-state index in [1.165, 1.54) is 11.8 Å². The largest absolute Gasteiger partial charge is 0.367 e. The van der Waals surface area contributed by atoms with Crippen LogP contribution in [0.5, 0.6) is 0 Å². The van der Waals surface area contributed by atoms with Gasteiger partial charge >= 0.3 is 0 Å². The van der Waals surface area contributed by atoms with Crippen LogP contribution in [0.1, 0.15) is 49.5 Å². The first-order valence-electron chi connectivity index (χ1n) is 14.4. The number of hydrogen-bond acceptors (Lipinski definition) is 7. The number of carbonyl (C=O) groups is 1. The molecule has 1 N–H and O–H groups in total. The van der Waals surface area contributed by atoms with Crippen LogP contribution in [0.25, 0.3) is 0 Å². The van der Waals surface area contributed by atoms with Crippen molar-refractivity contribution in [2.75, 3.05) is 55.6 Å². The molecule has 0 radical (unpaired) electrons. The normalized spacial score (nSPS) is 14.4. The third-order valence-corrected chi connectivity index (χ3v) is 8.86. The topological polar surface area (TPSA) is 64.6 Å². The van der Waals surface area contributed by atoms with E-state index in [0.717, 1.165) is 80.7 Å². The molecule has 1 unspecified atom stereocenters. The number of carbonyl (C=O) groups excluding carboxylic acids is 1. The van der Waals surface area contributed by atoms with Crippen molar-refractivity contribution in [2.45, 2.75) is 50.6 Å². The smallest absolute Gasteiger partial charge is 0.251 e. The number of para-hydroxylation sites is 1. The maximum Gasteiger partial charge on any atom is 0.251 e. The van der Waals surface area contributed by atoms with Crippen molar-refractivity contribution in [1.82, 2.24) is 20.2 Å². The number of hydrogen-bond donors (Lipinski definition) is 1. The molecule has 1 aromatic heterocycles. The first-order valence-corrected chi connectivity index (χ1v) is 16.1. The van der Waals surface area contributed by atoms with Gasteiger partial charge in [0.1, 0.15) is 11.0 Å². The van der Waals surface area contributed by atoms with E-state index in [1.54, 1.807) is 0 Å². The number of thioether (sulfide) groups is 1. The van der Waals surface area contributed by atoms with E-state index in [4.69, 9.17) is 28.2 Å². The third kappa shape index (κ3) is 9.23. The van der Waals surface area contributed by atoms with Gasteiger partial charge in [-0.15, -0.1) is 0 Å². The second-order valence-electron chi connectivity index (χ2n) is 10.3. The molecule has 2 aromatic carbocycles. The number of benzene rings is 2. The number of halogens is 2. The van der Waals surface area contributed by atoms with Crippen LogP contribution in [-0.2, 0) is 5.75 Å². The van der Waals surface area contributed by atoms with E-state index in [1.807, 2.05) is 48.5 Å². The molecule has 7 nitrogen and oxygen atoms in total. The second-order valence-corrected chi connectivity index (χ2v) is 12.0. The summed E-state index contributed by atoms with van der Waals surface area (Å²) in [6.45, 7) is 13.0. The van der Waals surface area contributed by atoms with Gasteiger partial charge in [0.25, 0.3) is 5.91 Å². The van der Waals surface area contributed by atoms with Crippen LogP contribution in [0.3, 0.4) is 0 Å². The summed E-state index contributed by atoms with van der Waals surface area (Å²) in [4.78, 5) is 28.9. The van der Waals surface area contributed by atoms with E-state index >= 15 is 0 Å². The lowest BCUT2D eigenvalue weighted by Gasteiger charge is -2.37. The molecular weight excluding hydrogens is 575 g/mol. The molecule has 1 amide bonds. The number of nitrogens with zero attached hydrogens (tertiary/aromatic N) is 5. The van der Waals surface area contributed by atoms with Crippen LogP contribution in [0.4, 0.5) is 11.5 Å². The molecule has 1 saturated heterocycles. The summed E-state index contributed by atoms with van der Waals surface area (Å²) in [6, 6.07) is 17.7. The van der Waals surface area contributed by atoms with Gasteiger partial charge < -0.3 is 20.0 Å². The number of aromatic nitrogens is 2. The Hall–Kier alpha value is -2.52. The van der Waals surface area contributed by atoms with E-state index in [9.17, 15) is 4.79 Å². The monoisotopic (exact) mass is 614 g/mol. The maximum atomic E-state index is 12.7. The van der Waals surface area contributed by atoms with Gasteiger partial charge in [0.2, 0.25) is 0 Å². The zero-order valence-corrected chi connectivity index (χ0v) is 26.5. The molecule has 0 bridgehead atoms. The molecule has 41 heavy (non-hydrogen) atoms. The highest BCUT2D eigenvalue weighted by atomic mass is 35.5. The Morgan fingerprint density at radius 2 is 1.68 bits per heavy atom. The van der Waals surface area contributed by atoms with E-state index in [0.29, 0.717) is 21.6 Å². The summed E-state index contributed by atoms with van der Waals surface area (Å²) in [5.74, 6) is 1.49. The number of amides is 1. The number of piperazine rings is 1. The van der Waals surface area contributed by atoms with Gasteiger partial charge in [-0.25, -0.2) is 9.97 Å². The van der Waals surface area contributed by atoms with E-state index < -0.39 is 0 Å². The zero-order chi connectivity index (χ0) is 29.2. The van der Waals surface area contributed by atoms with Gasteiger partial charge in [0.05, 0.1) is 10.7 Å². The first kappa shape index (κ1) is 31.4. The Kier molecular flexibility index (Phi) is 12.0. The molecule has 10 heteroatoms. The lowest BCUT2D eigenvalue weighted by Crippen LogP contribution is -2.47. The van der Waals surface area contributed by atoms with Crippen molar-refractivity contribution in [3.8, 4) is 0 Å². The average Bonchev–Trinajstić information content (AvgIpc) is 2.98. The van der Waals surface area contributed by atoms with Crippen molar-refractivity contribution in [3.05, 3.63) is 75.9 Å². The lowest BCUT2D eigenvalue weighted by molar-refractivity contribution is 0.0937. The number of anilines is 2. The molecular formula is C31H40Cl2N6OS. The summed E-state index contributed by atoms with van der Waals surface area (Å²) < 4.78 is 0. The summed E-state index contributed by atoms with van der Waals surface area (Å²) in [5, 5.41) is 4.98. The molecule has 1 fully saturated rings. The molecule has 4 rings (SSSR count). The summed E-state index contributed by atoms with van der Waals surface area (Å²) >= 11 is 14.3. The molecule has 0 saturated carbocycles. The minimum absolute atomic E-state index is 0.0306. The van der Waals surface area contributed by atoms with Crippen LogP contribution in [0.2, 0.25) is 10.2 Å². The van der Waals surface area contributed by atoms with Crippen LogP contribution in [0.15, 0.2) is 59.8 Å². The second kappa shape index (κ2) is 15.6. The lowest BCUT2D eigenvalue weighted by atomic mass is 10.1. The fourth-order valence-corrected chi connectivity index (χ4v) is 6.23. The number of nitrogens with one attached hydrogen (secondary N) is 1. The van der Waals surface area contributed by atoms with Crippen molar-refractivity contribution in [3.63, 3.8) is 0 Å². The Morgan fingerprint density at radius 3 is 2.37 bits per heavy atom. The molecule has 2 heterocycles. The van der Waals surface area contributed by atoms with Crippen molar-refractivity contribution in [2.24, 2.45) is 0 Å². The summed E-state index contributed by atoms with van der Waals surface area (Å²) in [7, 11) is 0. The highest BCUT2D eigenvalue weighted by Crippen LogP contribution is 2.29. The fraction of sp³-hybridized carbons (Fsp3) is 0.452. The summed E-state index contributed by atoms with van der Waals surface area (Å²) in [6.07, 6.45) is 2.04.